The summed E-state index contributed by atoms with van der Waals surface area (Å²) in [5.74, 6) is -1.74. The van der Waals surface area contributed by atoms with Crippen LogP contribution in [0.4, 0.5) is 0 Å². The van der Waals surface area contributed by atoms with Gasteiger partial charge in [-0.3, -0.25) is 9.59 Å². The molecule has 5 heteroatoms. The van der Waals surface area contributed by atoms with Crippen molar-refractivity contribution in [3.8, 4) is 0 Å². The van der Waals surface area contributed by atoms with E-state index in [-0.39, 0.29) is 12.8 Å². The molecule has 0 spiro atoms. The van der Waals surface area contributed by atoms with Gasteiger partial charge in [0.1, 0.15) is 0 Å². The number of rotatable bonds is 5. The van der Waals surface area contributed by atoms with Crippen molar-refractivity contribution in [2.75, 3.05) is 13.2 Å². The van der Waals surface area contributed by atoms with Crippen LogP contribution in [0, 0.1) is 0 Å². The molecule has 0 aromatic heterocycles. The van der Waals surface area contributed by atoms with Gasteiger partial charge in [-0.05, 0) is 25.7 Å². The summed E-state index contributed by atoms with van der Waals surface area (Å²) in [5, 5.41) is 16.3. The maximum atomic E-state index is 9.90. The van der Waals surface area contributed by atoms with E-state index in [9.17, 15) is 9.59 Å². The average Bonchev–Trinajstić information content (AvgIpc) is 2.69. The highest BCUT2D eigenvalue weighted by molar-refractivity contribution is 5.67. The van der Waals surface area contributed by atoms with Crippen LogP contribution < -0.4 is 0 Å². The van der Waals surface area contributed by atoms with Gasteiger partial charge in [0, 0.05) is 26.1 Å². The zero-order valence-electron chi connectivity index (χ0n) is 8.78. The summed E-state index contributed by atoms with van der Waals surface area (Å²) in [7, 11) is 0. The third-order valence-corrected chi connectivity index (χ3v) is 1.86. The van der Waals surface area contributed by atoms with Crippen LogP contribution in [-0.4, -0.2) is 35.4 Å². The largest absolute Gasteiger partial charge is 0.481 e. The number of aliphatic carboxylic acids is 2. The summed E-state index contributed by atoms with van der Waals surface area (Å²) in [6.07, 6.45) is 3.57. The van der Waals surface area contributed by atoms with Gasteiger partial charge in [-0.25, -0.2) is 0 Å². The van der Waals surface area contributed by atoms with Crippen LogP contribution in [0.5, 0.6) is 0 Å². The lowest BCUT2D eigenvalue weighted by molar-refractivity contribution is -0.139. The SMILES string of the molecule is C1CCOC1.O=C(O)CCCCC(=O)O. The number of hydrogen-bond acceptors (Lipinski definition) is 3. The van der Waals surface area contributed by atoms with Crippen molar-refractivity contribution in [2.24, 2.45) is 0 Å². The Morgan fingerprint density at radius 2 is 1.33 bits per heavy atom. The van der Waals surface area contributed by atoms with Gasteiger partial charge < -0.3 is 14.9 Å². The fourth-order valence-electron chi connectivity index (χ4n) is 1.06. The van der Waals surface area contributed by atoms with Crippen LogP contribution in [0.2, 0.25) is 0 Å². The molecule has 15 heavy (non-hydrogen) atoms. The molecule has 88 valence electrons. The van der Waals surface area contributed by atoms with Crippen LogP contribution in [0.1, 0.15) is 38.5 Å². The van der Waals surface area contributed by atoms with Crippen LogP contribution in [-0.2, 0) is 14.3 Å². The number of hydrogen-bond donors (Lipinski definition) is 2. The Bertz CT molecular complexity index is 163. The Morgan fingerprint density at radius 3 is 1.53 bits per heavy atom. The minimum absolute atomic E-state index is 0.0628. The highest BCUT2D eigenvalue weighted by atomic mass is 16.5. The second kappa shape index (κ2) is 9.45. The molecule has 0 saturated carbocycles. The first-order valence-corrected chi connectivity index (χ1v) is 5.14. The Morgan fingerprint density at radius 1 is 0.933 bits per heavy atom. The molecule has 1 aliphatic heterocycles. The molecule has 1 heterocycles. The van der Waals surface area contributed by atoms with E-state index in [1.165, 1.54) is 12.8 Å². The van der Waals surface area contributed by atoms with Crippen molar-refractivity contribution < 1.29 is 24.5 Å². The fourth-order valence-corrected chi connectivity index (χ4v) is 1.06. The summed E-state index contributed by atoms with van der Waals surface area (Å²) in [6.45, 7) is 2.00. The fraction of sp³-hybridized carbons (Fsp3) is 0.800. The zero-order valence-corrected chi connectivity index (χ0v) is 8.78. The summed E-state index contributed by atoms with van der Waals surface area (Å²) in [5.41, 5.74) is 0. The molecule has 0 radical (unpaired) electrons. The molecule has 5 nitrogen and oxygen atoms in total. The van der Waals surface area contributed by atoms with Gasteiger partial charge in [0.2, 0.25) is 0 Å². The van der Waals surface area contributed by atoms with Gasteiger partial charge in [0.05, 0.1) is 0 Å². The zero-order chi connectivity index (χ0) is 11.5. The van der Waals surface area contributed by atoms with Crippen molar-refractivity contribution in [1.82, 2.24) is 0 Å². The Kier molecular flexibility index (Phi) is 8.76. The van der Waals surface area contributed by atoms with Crippen LogP contribution in [0.3, 0.4) is 0 Å². The average molecular weight is 218 g/mol. The summed E-state index contributed by atoms with van der Waals surface area (Å²) >= 11 is 0. The number of carboxylic acids is 2. The van der Waals surface area contributed by atoms with Crippen LogP contribution >= 0.6 is 0 Å². The van der Waals surface area contributed by atoms with Crippen LogP contribution in [0.15, 0.2) is 0 Å². The lowest BCUT2D eigenvalue weighted by atomic mass is 10.2. The van der Waals surface area contributed by atoms with Gasteiger partial charge >= 0.3 is 11.9 Å². The molecule has 0 unspecified atom stereocenters. The Balaban J connectivity index is 0.000000322. The molecule has 1 fully saturated rings. The first-order valence-electron chi connectivity index (χ1n) is 5.14. The molecule has 0 aromatic rings. The molecule has 0 amide bonds. The standard InChI is InChI=1S/C6H10O4.C4H8O/c7-5(8)3-1-2-4-6(9)10;1-2-4-5-3-1/h1-4H2,(H,7,8)(H,9,10);1-4H2. The number of ether oxygens (including phenoxy) is 1. The minimum atomic E-state index is -0.870. The number of carbonyl (C=O) groups is 2. The van der Waals surface area contributed by atoms with Crippen molar-refractivity contribution in [3.05, 3.63) is 0 Å². The molecule has 1 aliphatic rings. The van der Waals surface area contributed by atoms with E-state index >= 15 is 0 Å². The Hall–Kier alpha value is -1.10. The predicted molar refractivity (Wildman–Crippen MR) is 53.8 cm³/mol. The summed E-state index contributed by atoms with van der Waals surface area (Å²) in [4.78, 5) is 19.8. The van der Waals surface area contributed by atoms with Gasteiger partial charge in [0.25, 0.3) is 0 Å². The van der Waals surface area contributed by atoms with E-state index in [2.05, 4.69) is 0 Å². The van der Waals surface area contributed by atoms with E-state index in [0.717, 1.165) is 13.2 Å². The lowest BCUT2D eigenvalue weighted by Crippen LogP contribution is -1.97. The molecule has 2 N–H and O–H groups in total. The second-order valence-corrected chi connectivity index (χ2v) is 3.31. The van der Waals surface area contributed by atoms with Crippen molar-refractivity contribution in [1.29, 1.82) is 0 Å². The third kappa shape index (κ3) is 12.9. The first kappa shape index (κ1) is 13.9. The molecule has 1 rings (SSSR count). The molecule has 1 saturated heterocycles. The van der Waals surface area contributed by atoms with E-state index in [4.69, 9.17) is 14.9 Å². The van der Waals surface area contributed by atoms with Gasteiger partial charge in [-0.1, -0.05) is 0 Å². The molecular formula is C10H18O5. The van der Waals surface area contributed by atoms with Crippen LogP contribution in [0.25, 0.3) is 0 Å². The van der Waals surface area contributed by atoms with Gasteiger partial charge in [-0.2, -0.15) is 0 Å². The first-order chi connectivity index (χ1) is 7.13. The molecule has 0 bridgehead atoms. The van der Waals surface area contributed by atoms with Crippen molar-refractivity contribution >= 4 is 11.9 Å². The van der Waals surface area contributed by atoms with Crippen molar-refractivity contribution in [2.45, 2.75) is 38.5 Å². The predicted octanol–water partition coefficient (Wildman–Crippen LogP) is 1.51. The van der Waals surface area contributed by atoms with Gasteiger partial charge in [-0.15, -0.1) is 0 Å². The maximum absolute atomic E-state index is 9.90. The molecule has 0 atom stereocenters. The lowest BCUT2D eigenvalue weighted by Gasteiger charge is -1.92. The Labute approximate surface area is 89.0 Å². The molecule has 0 aromatic carbocycles. The quantitative estimate of drug-likeness (QED) is 0.683. The highest BCUT2D eigenvalue weighted by Crippen LogP contribution is 1.99. The second-order valence-electron chi connectivity index (χ2n) is 3.31. The smallest absolute Gasteiger partial charge is 0.303 e. The number of carboxylic acid groups (broad SMARTS) is 2. The molecular weight excluding hydrogens is 200 g/mol. The maximum Gasteiger partial charge on any atom is 0.303 e. The van der Waals surface area contributed by atoms with Crippen molar-refractivity contribution in [3.63, 3.8) is 0 Å². The number of unbranched alkanes of at least 4 members (excludes halogenated alkanes) is 1. The highest BCUT2D eigenvalue weighted by Gasteiger charge is 1.99. The van der Waals surface area contributed by atoms with E-state index < -0.39 is 11.9 Å². The minimum Gasteiger partial charge on any atom is -0.481 e. The summed E-state index contributed by atoms with van der Waals surface area (Å²) in [6, 6.07) is 0. The monoisotopic (exact) mass is 218 g/mol. The topological polar surface area (TPSA) is 83.8 Å². The van der Waals surface area contributed by atoms with E-state index in [1.54, 1.807) is 0 Å². The normalized spacial score (nSPS) is 14.1. The van der Waals surface area contributed by atoms with Gasteiger partial charge in [0.15, 0.2) is 0 Å². The van der Waals surface area contributed by atoms with E-state index in [1.807, 2.05) is 0 Å². The summed E-state index contributed by atoms with van der Waals surface area (Å²) < 4.78 is 4.94. The third-order valence-electron chi connectivity index (χ3n) is 1.86. The molecule has 0 aliphatic carbocycles. The van der Waals surface area contributed by atoms with E-state index in [0.29, 0.717) is 12.8 Å².